The van der Waals surface area contributed by atoms with Crippen LogP contribution in [0.1, 0.15) is 42.9 Å². The first-order valence-corrected chi connectivity index (χ1v) is 15.6. The Kier molecular flexibility index (Phi) is 10.4. The second kappa shape index (κ2) is 13.8. The van der Waals surface area contributed by atoms with Gasteiger partial charge in [-0.15, -0.1) is 0 Å². The lowest BCUT2D eigenvalue weighted by atomic mass is 10.1. The predicted octanol–water partition coefficient (Wildman–Crippen LogP) is 5.58. The van der Waals surface area contributed by atoms with Gasteiger partial charge in [0, 0.05) is 42.6 Å². The molecule has 0 spiro atoms. The van der Waals surface area contributed by atoms with E-state index in [9.17, 15) is 22.4 Å². The summed E-state index contributed by atoms with van der Waals surface area (Å²) in [5.74, 6) is -1.04. The molecule has 7 nitrogen and oxygen atoms in total. The Hall–Kier alpha value is -2.98. The van der Waals surface area contributed by atoms with Crippen LogP contribution in [0.25, 0.3) is 0 Å². The molecule has 3 aromatic carbocycles. The Morgan fingerprint density at radius 1 is 0.976 bits per heavy atom. The second-order valence-electron chi connectivity index (χ2n) is 10.0. The van der Waals surface area contributed by atoms with Crippen LogP contribution in [-0.4, -0.2) is 48.6 Å². The standard InChI is InChI=1S/C30H32Cl2FN3O4S/c1-21(30(38)34-19-24-9-10-25(31)18-28(24)32)36(20-23-4-11-26(33)12-5-23)29(37)15-8-22-6-13-27(14-7-22)41(39,40)35-16-2-3-17-35/h4-7,9-14,18,21H,2-3,8,15-17,19-20H2,1H3,(H,34,38)/t21-/m0/s1. The van der Waals surface area contributed by atoms with Crippen LogP contribution in [0.15, 0.2) is 71.6 Å². The van der Waals surface area contributed by atoms with Gasteiger partial charge in [-0.2, -0.15) is 4.31 Å². The summed E-state index contributed by atoms with van der Waals surface area (Å²) < 4.78 is 40.6. The highest BCUT2D eigenvalue weighted by Crippen LogP contribution is 2.23. The van der Waals surface area contributed by atoms with E-state index < -0.39 is 21.9 Å². The molecule has 218 valence electrons. The fraction of sp³-hybridized carbons (Fsp3) is 0.333. The minimum Gasteiger partial charge on any atom is -0.350 e. The first-order valence-electron chi connectivity index (χ1n) is 13.4. The van der Waals surface area contributed by atoms with E-state index in [0.717, 1.165) is 18.4 Å². The molecule has 1 saturated heterocycles. The molecule has 1 aliphatic rings. The zero-order valence-corrected chi connectivity index (χ0v) is 25.0. The van der Waals surface area contributed by atoms with Crippen LogP contribution in [0.3, 0.4) is 0 Å². The van der Waals surface area contributed by atoms with E-state index in [1.807, 2.05) is 0 Å². The first kappa shape index (κ1) is 31.0. The first-order chi connectivity index (χ1) is 19.5. The van der Waals surface area contributed by atoms with Crippen molar-refractivity contribution in [2.24, 2.45) is 0 Å². The van der Waals surface area contributed by atoms with E-state index in [1.165, 1.54) is 21.3 Å². The fourth-order valence-electron chi connectivity index (χ4n) is 4.66. The highest BCUT2D eigenvalue weighted by Gasteiger charge is 2.28. The number of hydrogen-bond donors (Lipinski definition) is 1. The summed E-state index contributed by atoms with van der Waals surface area (Å²) in [5.41, 5.74) is 2.16. The summed E-state index contributed by atoms with van der Waals surface area (Å²) in [4.78, 5) is 28.2. The molecule has 1 atom stereocenters. The third kappa shape index (κ3) is 8.07. The molecule has 41 heavy (non-hydrogen) atoms. The minimum absolute atomic E-state index is 0.0973. The molecule has 4 rings (SSSR count). The average Bonchev–Trinajstić information content (AvgIpc) is 3.51. The number of sulfonamides is 1. The van der Waals surface area contributed by atoms with E-state index in [4.69, 9.17) is 23.2 Å². The smallest absolute Gasteiger partial charge is 0.243 e. The Morgan fingerprint density at radius 2 is 1.61 bits per heavy atom. The number of hydrogen-bond acceptors (Lipinski definition) is 4. The third-order valence-electron chi connectivity index (χ3n) is 7.16. The van der Waals surface area contributed by atoms with Crippen LogP contribution in [0.4, 0.5) is 4.39 Å². The lowest BCUT2D eigenvalue weighted by Gasteiger charge is -2.29. The van der Waals surface area contributed by atoms with Gasteiger partial charge in [-0.1, -0.05) is 53.5 Å². The number of halogens is 3. The van der Waals surface area contributed by atoms with Crippen molar-refractivity contribution in [1.82, 2.24) is 14.5 Å². The second-order valence-corrected chi connectivity index (χ2v) is 12.8. The van der Waals surface area contributed by atoms with Gasteiger partial charge in [0.15, 0.2) is 0 Å². The molecule has 0 aromatic heterocycles. The zero-order chi connectivity index (χ0) is 29.6. The summed E-state index contributed by atoms with van der Waals surface area (Å²) >= 11 is 12.2. The summed E-state index contributed by atoms with van der Waals surface area (Å²) in [6.45, 7) is 2.97. The number of carbonyl (C=O) groups excluding carboxylic acids is 2. The van der Waals surface area contributed by atoms with E-state index in [2.05, 4.69) is 5.32 Å². The number of nitrogens with zero attached hydrogens (tertiary/aromatic N) is 2. The highest BCUT2D eigenvalue weighted by molar-refractivity contribution is 7.89. The molecule has 1 fully saturated rings. The molecule has 1 N–H and O–H groups in total. The van der Waals surface area contributed by atoms with Gasteiger partial charge in [-0.25, -0.2) is 12.8 Å². The van der Waals surface area contributed by atoms with E-state index in [1.54, 1.807) is 61.5 Å². The Balaban J connectivity index is 1.43. The molecule has 2 amide bonds. The van der Waals surface area contributed by atoms with Crippen molar-refractivity contribution >= 4 is 45.0 Å². The molecule has 1 aliphatic heterocycles. The van der Waals surface area contributed by atoms with Crippen molar-refractivity contribution in [2.45, 2.75) is 56.6 Å². The summed E-state index contributed by atoms with van der Waals surface area (Å²) in [6.07, 6.45) is 2.18. The van der Waals surface area contributed by atoms with Gasteiger partial charge in [-0.3, -0.25) is 9.59 Å². The van der Waals surface area contributed by atoms with Gasteiger partial charge in [0.1, 0.15) is 11.9 Å². The van der Waals surface area contributed by atoms with Crippen LogP contribution in [-0.2, 0) is 39.1 Å². The molecule has 0 radical (unpaired) electrons. The molecule has 0 saturated carbocycles. The van der Waals surface area contributed by atoms with Crippen LogP contribution in [0.2, 0.25) is 10.0 Å². The Morgan fingerprint density at radius 3 is 2.24 bits per heavy atom. The molecule has 3 aromatic rings. The summed E-state index contributed by atoms with van der Waals surface area (Å²) in [7, 11) is -3.52. The van der Waals surface area contributed by atoms with Crippen LogP contribution in [0, 0.1) is 5.82 Å². The van der Waals surface area contributed by atoms with Crippen molar-refractivity contribution < 1.29 is 22.4 Å². The van der Waals surface area contributed by atoms with Gasteiger partial charge in [-0.05, 0) is 79.3 Å². The Bertz CT molecular complexity index is 1480. The van der Waals surface area contributed by atoms with Crippen molar-refractivity contribution in [1.29, 1.82) is 0 Å². The lowest BCUT2D eigenvalue weighted by molar-refractivity contribution is -0.140. The van der Waals surface area contributed by atoms with Crippen LogP contribution in [0.5, 0.6) is 0 Å². The number of aryl methyl sites for hydroxylation is 1. The lowest BCUT2D eigenvalue weighted by Crippen LogP contribution is -2.47. The number of benzene rings is 3. The molecule has 11 heteroatoms. The van der Waals surface area contributed by atoms with Crippen LogP contribution < -0.4 is 5.32 Å². The quantitative estimate of drug-likeness (QED) is 0.303. The highest BCUT2D eigenvalue weighted by atomic mass is 35.5. The largest absolute Gasteiger partial charge is 0.350 e. The maximum atomic E-state index is 13.5. The number of amides is 2. The monoisotopic (exact) mass is 619 g/mol. The maximum Gasteiger partial charge on any atom is 0.243 e. The average molecular weight is 621 g/mol. The van der Waals surface area contributed by atoms with Crippen molar-refractivity contribution in [3.63, 3.8) is 0 Å². The van der Waals surface area contributed by atoms with Crippen molar-refractivity contribution in [3.05, 3.63) is 99.3 Å². The fourth-order valence-corrected chi connectivity index (χ4v) is 6.66. The molecule has 0 bridgehead atoms. The Labute approximate surface area is 250 Å². The normalized spacial score (nSPS) is 14.5. The van der Waals surface area contributed by atoms with E-state index in [-0.39, 0.29) is 36.2 Å². The number of carbonyl (C=O) groups is 2. The molecule has 0 unspecified atom stereocenters. The van der Waals surface area contributed by atoms with Crippen LogP contribution >= 0.6 is 23.2 Å². The molecule has 1 heterocycles. The van der Waals surface area contributed by atoms with Gasteiger partial charge < -0.3 is 10.2 Å². The van der Waals surface area contributed by atoms with Gasteiger partial charge in [0.2, 0.25) is 21.8 Å². The molecular weight excluding hydrogens is 588 g/mol. The van der Waals surface area contributed by atoms with E-state index in [0.29, 0.717) is 40.7 Å². The third-order valence-corrected chi connectivity index (χ3v) is 9.66. The SMILES string of the molecule is C[C@@H](C(=O)NCc1ccc(Cl)cc1Cl)N(Cc1ccc(F)cc1)C(=O)CCc1ccc(S(=O)(=O)N2CCCC2)cc1. The topological polar surface area (TPSA) is 86.8 Å². The van der Waals surface area contributed by atoms with Crippen molar-refractivity contribution in [2.75, 3.05) is 13.1 Å². The zero-order valence-electron chi connectivity index (χ0n) is 22.7. The summed E-state index contributed by atoms with van der Waals surface area (Å²) in [6, 6.07) is 16.5. The number of nitrogens with one attached hydrogen (secondary N) is 1. The molecular formula is C30H32Cl2FN3O4S. The van der Waals surface area contributed by atoms with Gasteiger partial charge in [0.25, 0.3) is 0 Å². The van der Waals surface area contributed by atoms with E-state index >= 15 is 0 Å². The minimum atomic E-state index is -3.52. The van der Waals surface area contributed by atoms with Crippen molar-refractivity contribution in [3.8, 4) is 0 Å². The predicted molar refractivity (Wildman–Crippen MR) is 157 cm³/mol. The van der Waals surface area contributed by atoms with Gasteiger partial charge in [0.05, 0.1) is 4.90 Å². The number of rotatable bonds is 11. The van der Waals surface area contributed by atoms with Gasteiger partial charge >= 0.3 is 0 Å². The maximum absolute atomic E-state index is 13.5. The molecule has 0 aliphatic carbocycles. The summed E-state index contributed by atoms with van der Waals surface area (Å²) in [5, 5.41) is 3.73.